The molecule has 0 saturated carbocycles. The standard InChI is InChI=1S/C21H28N4O3/c1-13(22)15-6-8-24(9-7-15)11-14-2-3-17-16(10-14)12-25(21(17)28)18-4-5-19(26)23-20(18)27/h2-3,10,13,15,18H,4-9,11-12,22H2,1H3,(H,23,26,27)/t13-,18?/m1/s1. The summed E-state index contributed by atoms with van der Waals surface area (Å²) in [5, 5.41) is 2.34. The lowest BCUT2D eigenvalue weighted by molar-refractivity contribution is -0.136. The Bertz CT molecular complexity index is 799. The number of hydrogen-bond donors (Lipinski definition) is 2. The van der Waals surface area contributed by atoms with Crippen molar-refractivity contribution < 1.29 is 14.4 Å². The predicted octanol–water partition coefficient (Wildman–Crippen LogP) is 1.01. The molecule has 0 aliphatic carbocycles. The van der Waals surface area contributed by atoms with Gasteiger partial charge in [-0.1, -0.05) is 12.1 Å². The molecule has 4 rings (SSSR count). The van der Waals surface area contributed by atoms with E-state index in [4.69, 9.17) is 5.73 Å². The van der Waals surface area contributed by atoms with Gasteiger partial charge in [0.15, 0.2) is 0 Å². The van der Waals surface area contributed by atoms with Gasteiger partial charge < -0.3 is 10.6 Å². The molecule has 2 saturated heterocycles. The normalized spacial score (nSPS) is 25.0. The van der Waals surface area contributed by atoms with E-state index in [1.54, 1.807) is 4.90 Å². The van der Waals surface area contributed by atoms with Crippen molar-refractivity contribution in [3.05, 3.63) is 34.9 Å². The molecule has 28 heavy (non-hydrogen) atoms. The molecule has 150 valence electrons. The third-order valence-corrected chi connectivity index (χ3v) is 6.37. The molecule has 3 amide bonds. The number of rotatable bonds is 4. The maximum absolute atomic E-state index is 12.8. The van der Waals surface area contributed by atoms with E-state index < -0.39 is 6.04 Å². The smallest absolute Gasteiger partial charge is 0.255 e. The summed E-state index contributed by atoms with van der Waals surface area (Å²) >= 11 is 0. The van der Waals surface area contributed by atoms with Crippen LogP contribution in [0.3, 0.4) is 0 Å². The Balaban J connectivity index is 1.41. The van der Waals surface area contributed by atoms with Crippen LogP contribution in [-0.4, -0.2) is 52.7 Å². The van der Waals surface area contributed by atoms with Crippen molar-refractivity contribution in [2.75, 3.05) is 13.1 Å². The largest absolute Gasteiger partial charge is 0.328 e. The molecule has 3 heterocycles. The first-order valence-electron chi connectivity index (χ1n) is 10.2. The lowest BCUT2D eigenvalue weighted by atomic mass is 9.91. The quantitative estimate of drug-likeness (QED) is 0.756. The molecule has 3 aliphatic heterocycles. The predicted molar refractivity (Wildman–Crippen MR) is 104 cm³/mol. The van der Waals surface area contributed by atoms with E-state index in [1.807, 2.05) is 12.1 Å². The van der Waals surface area contributed by atoms with E-state index in [0.717, 1.165) is 38.0 Å². The van der Waals surface area contributed by atoms with Crippen molar-refractivity contribution in [3.63, 3.8) is 0 Å². The average Bonchev–Trinajstić information content (AvgIpc) is 2.98. The first kappa shape index (κ1) is 19.1. The molecule has 2 fully saturated rings. The summed E-state index contributed by atoms with van der Waals surface area (Å²) in [6.07, 6.45) is 2.93. The Morgan fingerprint density at radius 3 is 2.61 bits per heavy atom. The average molecular weight is 384 g/mol. The van der Waals surface area contributed by atoms with Gasteiger partial charge >= 0.3 is 0 Å². The molecule has 1 aromatic rings. The highest BCUT2D eigenvalue weighted by molar-refractivity contribution is 6.05. The van der Waals surface area contributed by atoms with Gasteiger partial charge in [-0.15, -0.1) is 0 Å². The summed E-state index contributed by atoms with van der Waals surface area (Å²) in [7, 11) is 0. The summed E-state index contributed by atoms with van der Waals surface area (Å²) in [6, 6.07) is 5.69. The second kappa shape index (κ2) is 7.64. The van der Waals surface area contributed by atoms with Crippen molar-refractivity contribution in [1.29, 1.82) is 0 Å². The third kappa shape index (κ3) is 3.69. The van der Waals surface area contributed by atoms with Crippen molar-refractivity contribution in [2.45, 2.75) is 57.8 Å². The highest BCUT2D eigenvalue weighted by Crippen LogP contribution is 2.29. The van der Waals surface area contributed by atoms with Gasteiger partial charge in [0.25, 0.3) is 5.91 Å². The molecule has 3 aliphatic rings. The maximum Gasteiger partial charge on any atom is 0.255 e. The van der Waals surface area contributed by atoms with Crippen LogP contribution in [0.5, 0.6) is 0 Å². The fraction of sp³-hybridized carbons (Fsp3) is 0.571. The number of fused-ring (bicyclic) bond motifs is 1. The van der Waals surface area contributed by atoms with Crippen LogP contribution < -0.4 is 11.1 Å². The van der Waals surface area contributed by atoms with Crippen LogP contribution in [0, 0.1) is 5.92 Å². The molecular formula is C21H28N4O3. The zero-order chi connectivity index (χ0) is 19.8. The van der Waals surface area contributed by atoms with Gasteiger partial charge in [-0.05, 0) is 62.4 Å². The number of hydrogen-bond acceptors (Lipinski definition) is 5. The number of nitrogens with two attached hydrogens (primary N) is 1. The lowest BCUT2D eigenvalue weighted by Crippen LogP contribution is -2.52. The van der Waals surface area contributed by atoms with Crippen molar-refractivity contribution >= 4 is 17.7 Å². The molecule has 0 bridgehead atoms. The fourth-order valence-corrected chi connectivity index (χ4v) is 4.62. The maximum atomic E-state index is 12.8. The van der Waals surface area contributed by atoms with Gasteiger partial charge in [-0.3, -0.25) is 24.6 Å². The Morgan fingerprint density at radius 1 is 1.18 bits per heavy atom. The van der Waals surface area contributed by atoms with E-state index in [9.17, 15) is 14.4 Å². The minimum absolute atomic E-state index is 0.117. The van der Waals surface area contributed by atoms with E-state index in [-0.39, 0.29) is 30.2 Å². The monoisotopic (exact) mass is 384 g/mol. The molecule has 0 aromatic heterocycles. The second-order valence-electron chi connectivity index (χ2n) is 8.36. The Kier molecular flexibility index (Phi) is 5.21. The Hall–Kier alpha value is -2.25. The first-order valence-corrected chi connectivity index (χ1v) is 10.2. The van der Waals surface area contributed by atoms with Gasteiger partial charge in [0.2, 0.25) is 11.8 Å². The van der Waals surface area contributed by atoms with Crippen molar-refractivity contribution in [1.82, 2.24) is 15.1 Å². The van der Waals surface area contributed by atoms with Gasteiger partial charge in [0, 0.05) is 31.1 Å². The molecule has 1 aromatic carbocycles. The van der Waals surface area contributed by atoms with Crippen molar-refractivity contribution in [3.8, 4) is 0 Å². The number of benzene rings is 1. The van der Waals surface area contributed by atoms with Crippen LogP contribution in [0.2, 0.25) is 0 Å². The van der Waals surface area contributed by atoms with Crippen LogP contribution >= 0.6 is 0 Å². The minimum atomic E-state index is -0.557. The van der Waals surface area contributed by atoms with Crippen LogP contribution in [0.1, 0.15) is 54.1 Å². The van der Waals surface area contributed by atoms with Crippen LogP contribution in [0.15, 0.2) is 18.2 Å². The summed E-state index contributed by atoms with van der Waals surface area (Å²) in [4.78, 5) is 40.3. The second-order valence-corrected chi connectivity index (χ2v) is 8.36. The van der Waals surface area contributed by atoms with Gasteiger partial charge in [0.05, 0.1) is 0 Å². The highest BCUT2D eigenvalue weighted by Gasteiger charge is 2.39. The number of amides is 3. The Labute approximate surface area is 165 Å². The number of nitrogens with zero attached hydrogens (tertiary/aromatic N) is 2. The topological polar surface area (TPSA) is 95.7 Å². The summed E-state index contributed by atoms with van der Waals surface area (Å²) in [6.45, 7) is 5.48. The Morgan fingerprint density at radius 2 is 1.93 bits per heavy atom. The number of piperidine rings is 2. The van der Waals surface area contributed by atoms with E-state index in [1.165, 1.54) is 5.56 Å². The molecule has 0 radical (unpaired) electrons. The molecule has 0 spiro atoms. The number of carbonyl (C=O) groups is 3. The first-order chi connectivity index (χ1) is 13.4. The van der Waals surface area contributed by atoms with Gasteiger partial charge in [0.1, 0.15) is 6.04 Å². The molecule has 7 heteroatoms. The molecule has 2 atom stereocenters. The zero-order valence-electron chi connectivity index (χ0n) is 16.3. The lowest BCUT2D eigenvalue weighted by Gasteiger charge is -2.33. The number of likely N-dealkylation sites (tertiary alicyclic amines) is 1. The van der Waals surface area contributed by atoms with E-state index in [2.05, 4.69) is 23.2 Å². The van der Waals surface area contributed by atoms with Crippen LogP contribution in [0.4, 0.5) is 0 Å². The van der Waals surface area contributed by atoms with Crippen molar-refractivity contribution in [2.24, 2.45) is 11.7 Å². The molecule has 1 unspecified atom stereocenters. The number of imide groups is 1. The third-order valence-electron chi connectivity index (χ3n) is 6.37. The van der Waals surface area contributed by atoms with Crippen LogP contribution in [-0.2, 0) is 22.7 Å². The summed E-state index contributed by atoms with van der Waals surface area (Å²) < 4.78 is 0. The van der Waals surface area contributed by atoms with Crippen LogP contribution in [0.25, 0.3) is 0 Å². The SMILES string of the molecule is C[C@@H](N)C1CCN(Cc2ccc3c(c2)CN(C2CCC(=O)NC2=O)C3=O)CC1. The zero-order valence-corrected chi connectivity index (χ0v) is 16.3. The molecule has 3 N–H and O–H groups in total. The minimum Gasteiger partial charge on any atom is -0.328 e. The number of nitrogens with one attached hydrogen (secondary N) is 1. The molecular weight excluding hydrogens is 356 g/mol. The van der Waals surface area contributed by atoms with Gasteiger partial charge in [-0.2, -0.15) is 0 Å². The highest BCUT2D eigenvalue weighted by atomic mass is 16.2. The fourth-order valence-electron chi connectivity index (χ4n) is 4.62. The van der Waals surface area contributed by atoms with E-state index >= 15 is 0 Å². The van der Waals surface area contributed by atoms with E-state index in [0.29, 0.717) is 24.4 Å². The summed E-state index contributed by atoms with van der Waals surface area (Å²) in [5.74, 6) is -0.139. The number of carbonyl (C=O) groups excluding carboxylic acids is 3. The molecule has 7 nitrogen and oxygen atoms in total. The summed E-state index contributed by atoms with van der Waals surface area (Å²) in [5.41, 5.74) is 8.86. The van der Waals surface area contributed by atoms with Gasteiger partial charge in [-0.25, -0.2) is 0 Å².